The van der Waals surface area contributed by atoms with Gasteiger partial charge in [-0.1, -0.05) is 146 Å². The first-order chi connectivity index (χ1) is 33.7. The van der Waals surface area contributed by atoms with Crippen LogP contribution in [0.4, 0.5) is 17.1 Å². The zero-order valence-electron chi connectivity index (χ0n) is 36.5. The van der Waals surface area contributed by atoms with Crippen molar-refractivity contribution in [1.29, 1.82) is 0 Å². The Bertz CT molecular complexity index is 4010. The van der Waals surface area contributed by atoms with Crippen LogP contribution in [0.3, 0.4) is 0 Å². The summed E-state index contributed by atoms with van der Waals surface area (Å²) < 4.78 is 19.3. The molecule has 318 valence electrons. The van der Waals surface area contributed by atoms with Crippen molar-refractivity contribution in [3.8, 4) is 45.0 Å². The van der Waals surface area contributed by atoms with E-state index < -0.39 is 16.6 Å². The standard InChI is InChI=1S/C62H38N4OS/c67-68-57-29-15-14-28-55(57)65(60-58(68)37-36-56-59(60)47-21-7-12-26-53(47)64(56)40-16-2-1-3-17-40)41-31-33-42(34-32-41)66-54-27-13-11-25-52(54)63-61(66)39-30-35-46-45-20-6-10-24-50(45)62(51(46)38-39)48-22-8-4-18-43(48)44-19-5-9-23-49(44)62/h1-38H. The Morgan fingerprint density at radius 1 is 0.412 bits per heavy atom. The third-order valence-electron chi connectivity index (χ3n) is 14.7. The van der Waals surface area contributed by atoms with Crippen molar-refractivity contribution in [2.75, 3.05) is 4.90 Å². The molecule has 2 aromatic heterocycles. The number of fused-ring (bicyclic) bond motifs is 17. The zero-order valence-corrected chi connectivity index (χ0v) is 37.4. The number of hydrogen-bond donors (Lipinski definition) is 0. The van der Waals surface area contributed by atoms with Crippen LogP contribution < -0.4 is 4.90 Å². The van der Waals surface area contributed by atoms with E-state index in [0.717, 1.165) is 82.5 Å². The molecule has 6 heteroatoms. The Hall–Kier alpha value is -8.42. The molecule has 10 aromatic carbocycles. The highest BCUT2D eigenvalue weighted by Gasteiger charge is 2.51. The smallest absolute Gasteiger partial charge is 0.183 e. The van der Waals surface area contributed by atoms with Crippen molar-refractivity contribution in [2.24, 2.45) is 0 Å². The van der Waals surface area contributed by atoms with Gasteiger partial charge >= 0.3 is 0 Å². The molecule has 1 aliphatic heterocycles. The van der Waals surface area contributed by atoms with Crippen molar-refractivity contribution in [1.82, 2.24) is 14.1 Å². The average Bonchev–Trinajstić information content (AvgIpc) is 4.13. The quantitative estimate of drug-likeness (QED) is 0.165. The number of anilines is 3. The van der Waals surface area contributed by atoms with Gasteiger partial charge in [0.05, 0.1) is 27.5 Å². The summed E-state index contributed by atoms with van der Waals surface area (Å²) in [5.74, 6) is 0.881. The van der Waals surface area contributed by atoms with Gasteiger partial charge in [-0.05, 0) is 129 Å². The molecule has 3 heterocycles. The monoisotopic (exact) mass is 886 g/mol. The SMILES string of the molecule is [O-][S+]1c2ccccc2N(c2ccc(-n3c(-c4ccc5c(c4)C4(c6ccccc6-c6ccccc64)c4ccccc4-5)nc4ccccc43)cc2)c2c1ccc1c2c2ccccc2n1-c1ccccc1. The number of imidazole rings is 1. The largest absolute Gasteiger partial charge is 0.606 e. The predicted molar refractivity (Wildman–Crippen MR) is 277 cm³/mol. The maximum atomic E-state index is 14.7. The van der Waals surface area contributed by atoms with Crippen molar-refractivity contribution < 1.29 is 4.55 Å². The maximum Gasteiger partial charge on any atom is 0.183 e. The summed E-state index contributed by atoms with van der Waals surface area (Å²) in [5.41, 5.74) is 20.0. The van der Waals surface area contributed by atoms with E-state index in [9.17, 15) is 4.55 Å². The second kappa shape index (κ2) is 14.0. The lowest BCUT2D eigenvalue weighted by atomic mass is 9.70. The van der Waals surface area contributed by atoms with E-state index in [0.29, 0.717) is 0 Å². The van der Waals surface area contributed by atoms with Crippen molar-refractivity contribution >= 4 is 61.1 Å². The Morgan fingerprint density at radius 2 is 0.985 bits per heavy atom. The first-order valence-electron chi connectivity index (χ1n) is 23.1. The van der Waals surface area contributed by atoms with Gasteiger partial charge < -0.3 is 14.0 Å². The lowest BCUT2D eigenvalue weighted by molar-refractivity contribution is 0.594. The summed E-state index contributed by atoms with van der Waals surface area (Å²) in [6.45, 7) is 0. The minimum Gasteiger partial charge on any atom is -0.606 e. The molecule has 0 saturated heterocycles. The van der Waals surface area contributed by atoms with Gasteiger partial charge in [0.2, 0.25) is 0 Å². The Labute approximate surface area is 395 Å². The topological polar surface area (TPSA) is 49.0 Å². The Balaban J connectivity index is 0.923. The van der Waals surface area contributed by atoms with Gasteiger partial charge in [0.1, 0.15) is 17.2 Å². The van der Waals surface area contributed by atoms with Gasteiger partial charge in [0, 0.05) is 44.6 Å². The predicted octanol–water partition coefficient (Wildman–Crippen LogP) is 15.1. The first kappa shape index (κ1) is 37.8. The van der Waals surface area contributed by atoms with Crippen LogP contribution in [0, 0.1) is 0 Å². The van der Waals surface area contributed by atoms with E-state index >= 15 is 0 Å². The number of rotatable bonds is 4. The highest BCUT2D eigenvalue weighted by molar-refractivity contribution is 7.92. The fraction of sp³-hybridized carbons (Fsp3) is 0.0161. The third kappa shape index (κ3) is 4.92. The molecule has 12 aromatic rings. The molecular formula is C62H38N4OS. The Kier molecular flexibility index (Phi) is 7.80. The van der Waals surface area contributed by atoms with Crippen LogP contribution in [0.5, 0.6) is 0 Å². The van der Waals surface area contributed by atoms with Gasteiger partial charge in [0.15, 0.2) is 9.79 Å². The van der Waals surface area contributed by atoms with Gasteiger partial charge in [-0.2, -0.15) is 0 Å². The Morgan fingerprint density at radius 3 is 1.72 bits per heavy atom. The number of benzene rings is 10. The molecule has 0 radical (unpaired) electrons. The number of aromatic nitrogens is 3. The summed E-state index contributed by atoms with van der Waals surface area (Å²) in [6.07, 6.45) is 0. The maximum absolute atomic E-state index is 14.7. The number of hydrogen-bond acceptors (Lipinski definition) is 3. The molecule has 1 spiro atoms. The van der Waals surface area contributed by atoms with Crippen LogP contribution in [0.25, 0.3) is 77.9 Å². The fourth-order valence-corrected chi connectivity index (χ4v) is 13.4. The van der Waals surface area contributed by atoms with E-state index in [-0.39, 0.29) is 0 Å². The van der Waals surface area contributed by atoms with Crippen molar-refractivity contribution in [3.05, 3.63) is 253 Å². The molecule has 15 rings (SSSR count). The minimum atomic E-state index is -1.39. The molecule has 3 aliphatic rings. The minimum absolute atomic E-state index is 0.461. The number of para-hydroxylation sites is 5. The summed E-state index contributed by atoms with van der Waals surface area (Å²) in [6, 6.07) is 82.5. The highest BCUT2D eigenvalue weighted by atomic mass is 32.2. The van der Waals surface area contributed by atoms with E-state index in [1.165, 1.54) is 44.5 Å². The molecule has 1 atom stereocenters. The molecule has 5 nitrogen and oxygen atoms in total. The van der Waals surface area contributed by atoms with Crippen LogP contribution in [-0.4, -0.2) is 18.7 Å². The van der Waals surface area contributed by atoms with Crippen molar-refractivity contribution in [3.63, 3.8) is 0 Å². The van der Waals surface area contributed by atoms with Crippen molar-refractivity contribution in [2.45, 2.75) is 15.2 Å². The molecule has 0 N–H and O–H groups in total. The molecule has 0 amide bonds. The molecule has 0 saturated carbocycles. The molecule has 0 fully saturated rings. The van der Waals surface area contributed by atoms with E-state index in [1.54, 1.807) is 0 Å². The summed E-state index contributed by atoms with van der Waals surface area (Å²) in [5, 5.41) is 2.18. The van der Waals surface area contributed by atoms with Gasteiger partial charge in [-0.3, -0.25) is 4.57 Å². The summed E-state index contributed by atoms with van der Waals surface area (Å²) >= 11 is -1.39. The zero-order chi connectivity index (χ0) is 44.7. The lowest BCUT2D eigenvalue weighted by Gasteiger charge is -2.33. The van der Waals surface area contributed by atoms with Gasteiger partial charge in [0.25, 0.3) is 0 Å². The van der Waals surface area contributed by atoms with Crippen LogP contribution in [0.15, 0.2) is 240 Å². The second-order valence-electron chi connectivity index (χ2n) is 18.0. The fourth-order valence-electron chi connectivity index (χ4n) is 12.0. The van der Waals surface area contributed by atoms with E-state index in [1.807, 2.05) is 18.2 Å². The van der Waals surface area contributed by atoms with Crippen LogP contribution in [0.2, 0.25) is 0 Å². The molecule has 68 heavy (non-hydrogen) atoms. The molecule has 1 unspecified atom stereocenters. The van der Waals surface area contributed by atoms with E-state index in [2.05, 4.69) is 226 Å². The van der Waals surface area contributed by atoms with Crippen LogP contribution >= 0.6 is 0 Å². The second-order valence-corrected chi connectivity index (χ2v) is 19.4. The summed E-state index contributed by atoms with van der Waals surface area (Å²) in [7, 11) is 0. The van der Waals surface area contributed by atoms with Gasteiger partial charge in [-0.25, -0.2) is 4.98 Å². The molecule has 0 bridgehead atoms. The van der Waals surface area contributed by atoms with Crippen LogP contribution in [-0.2, 0) is 16.6 Å². The average molecular weight is 887 g/mol. The normalized spacial score (nSPS) is 14.8. The third-order valence-corrected chi connectivity index (χ3v) is 16.2. The number of nitrogens with zero attached hydrogens (tertiary/aromatic N) is 4. The summed E-state index contributed by atoms with van der Waals surface area (Å²) in [4.78, 5) is 9.33. The molecular weight excluding hydrogens is 849 g/mol. The van der Waals surface area contributed by atoms with Crippen LogP contribution in [0.1, 0.15) is 22.3 Å². The van der Waals surface area contributed by atoms with E-state index in [4.69, 9.17) is 4.98 Å². The first-order valence-corrected chi connectivity index (χ1v) is 24.3. The van der Waals surface area contributed by atoms with Gasteiger partial charge in [-0.15, -0.1) is 0 Å². The lowest BCUT2D eigenvalue weighted by Crippen LogP contribution is -2.25. The molecule has 2 aliphatic carbocycles. The highest BCUT2D eigenvalue weighted by Crippen LogP contribution is 2.63.